The summed E-state index contributed by atoms with van der Waals surface area (Å²) in [4.78, 5) is 12.5. The lowest BCUT2D eigenvalue weighted by Crippen LogP contribution is -2.69. The topological polar surface area (TPSA) is 315 Å². The highest BCUT2D eigenvalue weighted by molar-refractivity contribution is 5.73. The van der Waals surface area contributed by atoms with Crippen LogP contribution in [-0.2, 0) is 33.2 Å². The van der Waals surface area contributed by atoms with Crippen LogP contribution in [0.25, 0.3) is 0 Å². The average Bonchev–Trinajstić information content (AvgIpc) is 3.24. The number of hydrogen-bond donors (Lipinski definition) is 12. The van der Waals surface area contributed by atoms with E-state index in [1.54, 1.807) is 0 Å². The molecule has 0 aromatic rings. The van der Waals surface area contributed by atoms with Crippen molar-refractivity contribution >= 4 is 5.97 Å². The van der Waals surface area contributed by atoms with Gasteiger partial charge < -0.3 is 89.7 Å². The van der Waals surface area contributed by atoms with Crippen LogP contribution in [0.2, 0.25) is 0 Å². The maximum absolute atomic E-state index is 12.5. The molecule has 3 aliphatic heterocycles. The number of aliphatic carboxylic acids is 1. The van der Waals surface area contributed by atoms with Crippen molar-refractivity contribution in [3.8, 4) is 0 Å². The van der Waals surface area contributed by atoms with Crippen molar-refractivity contribution in [1.82, 2.24) is 0 Å². The number of ether oxygens (including phenoxy) is 6. The third-order valence-corrected chi connectivity index (χ3v) is 19.4. The highest BCUT2D eigenvalue weighted by Crippen LogP contribution is 2.76. The van der Waals surface area contributed by atoms with Gasteiger partial charge in [0.05, 0.1) is 43.0 Å². The van der Waals surface area contributed by atoms with Crippen molar-refractivity contribution in [2.75, 3.05) is 13.2 Å². The van der Waals surface area contributed by atoms with Gasteiger partial charge in [-0.25, -0.2) is 4.79 Å². The Hall–Kier alpha value is -1.47. The first-order valence-corrected chi connectivity index (χ1v) is 24.4. The van der Waals surface area contributed by atoms with Crippen LogP contribution in [0.15, 0.2) is 11.6 Å². The summed E-state index contributed by atoms with van der Waals surface area (Å²) >= 11 is 0. The van der Waals surface area contributed by atoms with Gasteiger partial charge in [-0.2, -0.15) is 0 Å². The Kier molecular flexibility index (Phi) is 13.9. The highest BCUT2D eigenvalue weighted by atomic mass is 16.8. The minimum absolute atomic E-state index is 0.0455. The third kappa shape index (κ3) is 7.92. The molecule has 8 aliphatic rings. The molecule has 0 radical (unpaired) electrons. The number of fused-ring (bicyclic) bond motifs is 7. The first kappa shape index (κ1) is 51.9. The van der Waals surface area contributed by atoms with E-state index in [1.807, 2.05) is 0 Å². The number of aliphatic hydroxyl groups excluding tert-OH is 11. The van der Waals surface area contributed by atoms with Crippen LogP contribution in [0.4, 0.5) is 0 Å². The van der Waals surface area contributed by atoms with Gasteiger partial charge in [-0.1, -0.05) is 60.1 Å². The van der Waals surface area contributed by atoms with E-state index >= 15 is 0 Å². The lowest BCUT2D eigenvalue weighted by molar-refractivity contribution is -0.395. The van der Waals surface area contributed by atoms with E-state index in [1.165, 1.54) is 12.5 Å². The van der Waals surface area contributed by atoms with E-state index in [2.05, 4.69) is 54.5 Å². The van der Waals surface area contributed by atoms with Gasteiger partial charge in [-0.15, -0.1) is 0 Å². The van der Waals surface area contributed by atoms with E-state index in [-0.39, 0.29) is 40.6 Å². The van der Waals surface area contributed by atoms with Crippen LogP contribution in [0.3, 0.4) is 0 Å². The van der Waals surface area contributed by atoms with Crippen molar-refractivity contribution in [2.24, 2.45) is 50.2 Å². The van der Waals surface area contributed by atoms with Crippen molar-refractivity contribution < 1.29 is 94.5 Å². The molecule has 25 atom stereocenters. The van der Waals surface area contributed by atoms with Crippen LogP contribution in [0, 0.1) is 50.2 Å². The summed E-state index contributed by atoms with van der Waals surface area (Å²) in [7, 11) is 0. The molecule has 4 saturated carbocycles. The molecule has 3 saturated heterocycles. The molecule has 0 unspecified atom stereocenters. The molecule has 19 nitrogen and oxygen atoms in total. The molecular formula is C48H78O19. The van der Waals surface area contributed by atoms with Gasteiger partial charge in [0.2, 0.25) is 0 Å². The molecule has 0 aromatic carbocycles. The van der Waals surface area contributed by atoms with Crippen molar-refractivity contribution in [3.63, 3.8) is 0 Å². The molecule has 0 amide bonds. The van der Waals surface area contributed by atoms with Crippen LogP contribution in [0.1, 0.15) is 107 Å². The maximum atomic E-state index is 12.5. The lowest BCUT2D eigenvalue weighted by Gasteiger charge is -2.72. The Morgan fingerprint density at radius 3 is 1.91 bits per heavy atom. The van der Waals surface area contributed by atoms with Crippen LogP contribution < -0.4 is 0 Å². The first-order chi connectivity index (χ1) is 31.1. The first-order valence-electron chi connectivity index (χ1n) is 24.4. The van der Waals surface area contributed by atoms with E-state index in [0.717, 1.165) is 25.7 Å². The maximum Gasteiger partial charge on any atom is 0.335 e. The zero-order chi connectivity index (χ0) is 49.3. The molecule has 384 valence electrons. The summed E-state index contributed by atoms with van der Waals surface area (Å²) in [6.07, 6.45) is -20.9. The second kappa shape index (κ2) is 17.9. The van der Waals surface area contributed by atoms with Gasteiger partial charge in [0.15, 0.2) is 25.0 Å². The molecule has 19 heteroatoms. The van der Waals surface area contributed by atoms with E-state index in [4.69, 9.17) is 28.4 Å². The molecule has 5 aliphatic carbocycles. The molecule has 3 heterocycles. The summed E-state index contributed by atoms with van der Waals surface area (Å²) in [6.45, 7) is 15.7. The summed E-state index contributed by atoms with van der Waals surface area (Å²) in [6, 6.07) is 0. The summed E-state index contributed by atoms with van der Waals surface area (Å²) in [5, 5.41) is 131. The Morgan fingerprint density at radius 2 is 1.28 bits per heavy atom. The largest absolute Gasteiger partial charge is 0.479 e. The van der Waals surface area contributed by atoms with Gasteiger partial charge in [0.1, 0.15) is 61.0 Å². The minimum atomic E-state index is -2.05. The minimum Gasteiger partial charge on any atom is -0.479 e. The Bertz CT molecular complexity index is 1850. The van der Waals surface area contributed by atoms with Gasteiger partial charge in [-0.3, -0.25) is 0 Å². The Morgan fingerprint density at radius 1 is 0.672 bits per heavy atom. The lowest BCUT2D eigenvalue weighted by atomic mass is 9.33. The molecule has 0 spiro atoms. The zero-order valence-electron chi connectivity index (χ0n) is 40.0. The van der Waals surface area contributed by atoms with Crippen LogP contribution in [0.5, 0.6) is 0 Å². The molecule has 67 heavy (non-hydrogen) atoms. The molecule has 0 aromatic heterocycles. The number of rotatable bonds is 9. The average molecular weight is 959 g/mol. The standard InChI is InChI=1S/C48H78O19/c1-20-29(53)31(55)35(59)40(62-20)66-37-32(56)30(54)23(18-49)63-41(37)67-38-34(58)33(57)36(39(60)61)65-42(38)64-28-12-13-45(6)24(44(28,4)5)11-14-46(7)25(45)10-9-21-22-15-43(2,3)16-26(51)48(22,19-50)27(52)17-47(21,46)8/h9,20,22-38,40-42,49-59H,10-19H2,1-8H3,(H,60,61)/t20-,22-,23+,24-,25+,26-,27-,28-,29-,30+,31+,32-,33-,34-,35+,36-,37+,38+,40-,41-,42+,45-,46+,47+,48+/m0/s1. The molecule has 8 rings (SSSR count). The summed E-state index contributed by atoms with van der Waals surface area (Å²) in [5.41, 5.74) is -1.55. The fourth-order valence-electron chi connectivity index (χ4n) is 15.4. The molecular weight excluding hydrogens is 881 g/mol. The van der Waals surface area contributed by atoms with Crippen LogP contribution >= 0.6 is 0 Å². The fraction of sp³-hybridized carbons (Fsp3) is 0.938. The number of allylic oxidation sites excluding steroid dienone is 2. The highest BCUT2D eigenvalue weighted by Gasteiger charge is 2.71. The van der Waals surface area contributed by atoms with Gasteiger partial charge >= 0.3 is 5.97 Å². The van der Waals surface area contributed by atoms with Crippen molar-refractivity contribution in [2.45, 2.75) is 217 Å². The van der Waals surface area contributed by atoms with Gasteiger partial charge in [0.25, 0.3) is 0 Å². The zero-order valence-corrected chi connectivity index (χ0v) is 40.0. The summed E-state index contributed by atoms with van der Waals surface area (Å²) in [5.74, 6) is -1.56. The van der Waals surface area contributed by atoms with E-state index in [9.17, 15) is 66.1 Å². The van der Waals surface area contributed by atoms with Crippen molar-refractivity contribution in [3.05, 3.63) is 11.6 Å². The molecule has 0 bridgehead atoms. The fourth-order valence-corrected chi connectivity index (χ4v) is 15.4. The Balaban J connectivity index is 1.07. The summed E-state index contributed by atoms with van der Waals surface area (Å²) < 4.78 is 36.3. The predicted octanol–water partition coefficient (Wildman–Crippen LogP) is -0.325. The number of carbonyl (C=O) groups is 1. The number of aliphatic hydroxyl groups is 11. The van der Waals surface area contributed by atoms with Gasteiger partial charge in [-0.05, 0) is 103 Å². The third-order valence-electron chi connectivity index (χ3n) is 19.4. The Labute approximate surface area is 392 Å². The second-order valence-electron chi connectivity index (χ2n) is 23.7. The monoisotopic (exact) mass is 959 g/mol. The molecule has 12 N–H and O–H groups in total. The molecule has 7 fully saturated rings. The quantitative estimate of drug-likeness (QED) is 0.104. The predicted molar refractivity (Wildman–Crippen MR) is 232 cm³/mol. The number of carboxylic acids is 1. The SMILES string of the molecule is C[C@@H]1O[C@@H](O[C@H]2[C@H](O[C@H]3[C@H](O[C@H]4CC[C@]5(C)[C@H]6CC=C7[C@@H]8CC(C)(C)C[C@H](O)[C@]8(CO)[C@@H](O)C[C@@]7(C)[C@]6(C)CC[C@H]5C4(C)C)O[C@H](C(=O)O)[C@@H](O)[C@@H]3O)O[C@H](CO)[C@@H](O)[C@@H]2O)[C@H](O)[C@H](O)[C@H]1O. The van der Waals surface area contributed by atoms with Crippen LogP contribution in [-0.4, -0.2) is 191 Å². The van der Waals surface area contributed by atoms with Gasteiger partial charge in [0, 0.05) is 0 Å². The van der Waals surface area contributed by atoms with E-state index in [0.29, 0.717) is 25.7 Å². The number of hydrogen-bond acceptors (Lipinski definition) is 18. The van der Waals surface area contributed by atoms with Crippen molar-refractivity contribution in [1.29, 1.82) is 0 Å². The second-order valence-corrected chi connectivity index (χ2v) is 23.7. The van der Waals surface area contributed by atoms with E-state index < -0.39 is 139 Å². The number of carboxylic acid groups (broad SMARTS) is 1. The normalized spacial score (nSPS) is 55.0. The smallest absolute Gasteiger partial charge is 0.335 e.